The molecule has 3 aromatic carbocycles. The van der Waals surface area contributed by atoms with E-state index in [1.54, 1.807) is 48.5 Å². The second-order valence-electron chi connectivity index (χ2n) is 5.69. The molecule has 0 aromatic heterocycles. The van der Waals surface area contributed by atoms with Crippen molar-refractivity contribution in [1.82, 2.24) is 0 Å². The van der Waals surface area contributed by atoms with E-state index in [2.05, 4.69) is 0 Å². The molecule has 6 heteroatoms. The molecule has 4 nitrogen and oxygen atoms in total. The Labute approximate surface area is 158 Å². The van der Waals surface area contributed by atoms with Gasteiger partial charge < -0.3 is 0 Å². The normalized spacial score (nSPS) is 9.64. The standard InChI is InChI=1S/C22H8F2N4/c23-20-7-3-6-17(22(20)24)19-8-18(13(9-25)10-26)15-4-1-2-5-16(15)21(19)14(11-27)12-28/h1-8H. The maximum atomic E-state index is 14.5. The fraction of sp³-hybridized carbons (Fsp3) is 0. The van der Waals surface area contributed by atoms with Gasteiger partial charge in [-0.1, -0.05) is 36.4 Å². The third-order valence-electron chi connectivity index (χ3n) is 4.25. The van der Waals surface area contributed by atoms with E-state index in [9.17, 15) is 29.8 Å². The van der Waals surface area contributed by atoms with Gasteiger partial charge >= 0.3 is 0 Å². The maximum Gasteiger partial charge on any atom is 0.166 e. The van der Waals surface area contributed by atoms with Gasteiger partial charge in [0, 0.05) is 16.0 Å². The van der Waals surface area contributed by atoms with Crippen molar-refractivity contribution in [2.75, 3.05) is 0 Å². The van der Waals surface area contributed by atoms with Gasteiger partial charge in [0.2, 0.25) is 0 Å². The van der Waals surface area contributed by atoms with Crippen LogP contribution in [0.4, 0.5) is 8.78 Å². The third kappa shape index (κ3) is 2.82. The summed E-state index contributed by atoms with van der Waals surface area (Å²) in [7, 11) is 0. The lowest BCUT2D eigenvalue weighted by molar-refractivity contribution is 0.511. The minimum absolute atomic E-state index is 0.0480. The van der Waals surface area contributed by atoms with Crippen molar-refractivity contribution in [1.29, 1.82) is 21.0 Å². The molecule has 0 radical (unpaired) electrons. The Kier molecular flexibility index (Phi) is 4.82. The van der Waals surface area contributed by atoms with Gasteiger partial charge in [0.25, 0.3) is 0 Å². The summed E-state index contributed by atoms with van der Waals surface area (Å²) in [5.74, 6) is -2.26. The van der Waals surface area contributed by atoms with Crippen LogP contribution in [0.15, 0.2) is 48.5 Å². The number of nitriles is 4. The molecule has 0 atom stereocenters. The second-order valence-corrected chi connectivity index (χ2v) is 5.69. The summed E-state index contributed by atoms with van der Waals surface area (Å²) < 4.78 is 28.4. The molecule has 0 saturated carbocycles. The van der Waals surface area contributed by atoms with Gasteiger partial charge in [0.05, 0.1) is 0 Å². The number of nitrogens with zero attached hydrogens (tertiary/aromatic N) is 4. The van der Waals surface area contributed by atoms with Gasteiger partial charge in [-0.2, -0.15) is 21.0 Å². The van der Waals surface area contributed by atoms with Crippen molar-refractivity contribution in [2.45, 2.75) is 0 Å². The molecule has 0 spiro atoms. The van der Waals surface area contributed by atoms with E-state index in [1.807, 2.05) is 0 Å². The molecule has 0 heterocycles. The quantitative estimate of drug-likeness (QED) is 0.661. The lowest BCUT2D eigenvalue weighted by Gasteiger charge is -2.10. The van der Waals surface area contributed by atoms with Crippen LogP contribution in [0, 0.1) is 57.0 Å². The summed E-state index contributed by atoms with van der Waals surface area (Å²) in [5.41, 5.74) is -0.653. The molecular weight excluding hydrogens is 358 g/mol. The Hall–Kier alpha value is -4.52. The van der Waals surface area contributed by atoms with Gasteiger partial charge in [-0.3, -0.25) is 0 Å². The van der Waals surface area contributed by atoms with E-state index in [1.165, 1.54) is 18.2 Å². The fourth-order valence-electron chi connectivity index (χ4n) is 3.06. The van der Waals surface area contributed by atoms with Crippen LogP contribution in [0.5, 0.6) is 0 Å². The molecule has 0 saturated heterocycles. The van der Waals surface area contributed by atoms with Crippen LogP contribution in [0.3, 0.4) is 0 Å². The number of halogens is 2. The Morgan fingerprint density at radius 1 is 0.679 bits per heavy atom. The molecule has 28 heavy (non-hydrogen) atoms. The van der Waals surface area contributed by atoms with Crippen molar-refractivity contribution in [3.63, 3.8) is 0 Å². The smallest absolute Gasteiger partial charge is 0.166 e. The topological polar surface area (TPSA) is 95.2 Å². The summed E-state index contributed by atoms with van der Waals surface area (Å²) >= 11 is 0. The second kappa shape index (κ2) is 7.38. The van der Waals surface area contributed by atoms with Crippen molar-refractivity contribution in [3.8, 4) is 35.4 Å². The Morgan fingerprint density at radius 3 is 1.89 bits per heavy atom. The first-order valence-electron chi connectivity index (χ1n) is 7.92. The zero-order valence-corrected chi connectivity index (χ0v) is 14.2. The van der Waals surface area contributed by atoms with Gasteiger partial charge in [0.15, 0.2) is 11.6 Å². The van der Waals surface area contributed by atoms with Crippen molar-refractivity contribution in [3.05, 3.63) is 70.6 Å². The monoisotopic (exact) mass is 366 g/mol. The van der Waals surface area contributed by atoms with Crippen molar-refractivity contribution < 1.29 is 8.78 Å². The number of fused-ring (bicyclic) bond motifs is 1. The van der Waals surface area contributed by atoms with Gasteiger partial charge in [-0.15, -0.1) is 0 Å². The molecule has 0 unspecified atom stereocenters. The highest BCUT2D eigenvalue weighted by Gasteiger charge is 2.16. The molecular formula is C22H8F2N4. The molecule has 130 valence electrons. The van der Waals surface area contributed by atoms with Crippen LogP contribution in [-0.4, -0.2) is 0 Å². The zero-order chi connectivity index (χ0) is 20.3. The van der Waals surface area contributed by atoms with Crippen LogP contribution >= 0.6 is 0 Å². The number of rotatable bonds is 1. The number of hydrogen-bond acceptors (Lipinski definition) is 4. The van der Waals surface area contributed by atoms with Crippen molar-refractivity contribution >= 4 is 21.9 Å². The Balaban J connectivity index is 2.79. The van der Waals surface area contributed by atoms with Crippen LogP contribution in [-0.2, 0) is 0 Å². The molecule has 0 aliphatic heterocycles. The van der Waals surface area contributed by atoms with E-state index in [-0.39, 0.29) is 32.7 Å². The molecule has 3 rings (SSSR count). The van der Waals surface area contributed by atoms with Gasteiger partial charge in [0.1, 0.15) is 35.4 Å². The van der Waals surface area contributed by atoms with Gasteiger partial charge in [-0.25, -0.2) is 8.78 Å². The van der Waals surface area contributed by atoms with E-state index in [4.69, 9.17) is 0 Å². The van der Waals surface area contributed by atoms with E-state index in [0.29, 0.717) is 10.8 Å². The predicted molar refractivity (Wildman–Crippen MR) is 97.8 cm³/mol. The predicted octanol–water partition coefficient (Wildman–Crippen LogP) is 3.18. The molecule has 0 N–H and O–H groups in total. The van der Waals surface area contributed by atoms with Crippen LogP contribution in [0.1, 0.15) is 0 Å². The molecule has 0 fully saturated rings. The highest BCUT2D eigenvalue weighted by Crippen LogP contribution is 2.23. The molecule has 3 aromatic rings. The van der Waals surface area contributed by atoms with E-state index >= 15 is 0 Å². The minimum Gasteiger partial charge on any atom is -0.204 e. The minimum atomic E-state index is -1.16. The van der Waals surface area contributed by atoms with E-state index in [0.717, 1.165) is 6.07 Å². The molecule has 0 aliphatic carbocycles. The Morgan fingerprint density at radius 2 is 1.29 bits per heavy atom. The third-order valence-corrected chi connectivity index (χ3v) is 4.25. The van der Waals surface area contributed by atoms with E-state index < -0.39 is 11.6 Å². The lowest BCUT2D eigenvalue weighted by atomic mass is 9.92. The van der Waals surface area contributed by atoms with Crippen LogP contribution in [0.25, 0.3) is 33.0 Å². The SMILES string of the molecule is N#CC(C#N)=c1cc(-c2cccc(F)c2F)c(=C(C#N)C#N)c2ccccc12. The summed E-state index contributed by atoms with van der Waals surface area (Å²) in [5, 5.41) is 38.6. The highest BCUT2D eigenvalue weighted by atomic mass is 19.2. The summed E-state index contributed by atoms with van der Waals surface area (Å²) in [6, 6.07) is 18.6. The summed E-state index contributed by atoms with van der Waals surface area (Å²) in [4.78, 5) is 0. The fourth-order valence-corrected chi connectivity index (χ4v) is 3.06. The van der Waals surface area contributed by atoms with Crippen LogP contribution < -0.4 is 10.4 Å². The van der Waals surface area contributed by atoms with Crippen molar-refractivity contribution in [2.24, 2.45) is 0 Å². The number of hydrogen-bond donors (Lipinski definition) is 0. The first-order valence-corrected chi connectivity index (χ1v) is 7.92. The Bertz CT molecular complexity index is 1390. The number of benzene rings is 3. The average Bonchev–Trinajstić information content (AvgIpc) is 2.72. The summed E-state index contributed by atoms with van der Waals surface area (Å²) in [6.45, 7) is 0. The average molecular weight is 366 g/mol. The molecule has 0 amide bonds. The zero-order valence-electron chi connectivity index (χ0n) is 14.2. The maximum absolute atomic E-state index is 14.5. The van der Waals surface area contributed by atoms with Gasteiger partial charge in [-0.05, 0) is 28.5 Å². The largest absolute Gasteiger partial charge is 0.204 e. The summed E-state index contributed by atoms with van der Waals surface area (Å²) in [6.07, 6.45) is 0. The first-order chi connectivity index (χ1) is 13.6. The molecule has 0 aliphatic rings. The lowest BCUT2D eigenvalue weighted by Crippen LogP contribution is -2.19. The highest BCUT2D eigenvalue weighted by molar-refractivity contribution is 5.96. The molecule has 0 bridgehead atoms. The first kappa shape index (κ1) is 18.3. The van der Waals surface area contributed by atoms with Crippen LogP contribution in [0.2, 0.25) is 0 Å².